The van der Waals surface area contributed by atoms with Crippen LogP contribution in [-0.2, 0) is 9.59 Å². The highest BCUT2D eigenvalue weighted by molar-refractivity contribution is 5.93. The molecule has 1 aliphatic carbocycles. The summed E-state index contributed by atoms with van der Waals surface area (Å²) in [6.07, 6.45) is 64.1. The molecule has 5 nitrogen and oxygen atoms in total. The summed E-state index contributed by atoms with van der Waals surface area (Å²) in [5.41, 5.74) is -0.652. The molecule has 1 N–H and O–H groups in total. The predicted octanol–water partition coefficient (Wildman–Crippen LogP) is 17.0. The van der Waals surface area contributed by atoms with Crippen LogP contribution in [0.5, 0.6) is 0 Å². The van der Waals surface area contributed by atoms with E-state index in [4.69, 9.17) is 0 Å². The Kier molecular flexibility index (Phi) is 40.9. The number of unbranched alkanes of at least 4 members (excludes halogenated alkanes) is 25. The van der Waals surface area contributed by atoms with Crippen LogP contribution in [0.1, 0.15) is 265 Å². The Morgan fingerprint density at radius 3 is 1.27 bits per heavy atom. The first-order valence-electron chi connectivity index (χ1n) is 27.8. The van der Waals surface area contributed by atoms with Crippen molar-refractivity contribution in [3.05, 3.63) is 48.6 Å². The third-order valence-electron chi connectivity index (χ3n) is 13.5. The molecule has 0 radical (unpaired) electrons. The van der Waals surface area contributed by atoms with Crippen LogP contribution in [0, 0.1) is 5.92 Å². The molecule has 0 aliphatic heterocycles. The maximum Gasteiger partial charge on any atom is 0.245 e. The molecule has 0 unspecified atom stereocenters. The lowest BCUT2D eigenvalue weighted by molar-refractivity contribution is -0.157. The molecule has 0 aromatic rings. The molecule has 0 spiro atoms. The van der Waals surface area contributed by atoms with Crippen molar-refractivity contribution in [2.75, 3.05) is 33.7 Å². The second-order valence-electron chi connectivity index (χ2n) is 19.7. The minimum atomic E-state index is -0.652. The van der Waals surface area contributed by atoms with Gasteiger partial charge in [0.1, 0.15) is 5.54 Å². The van der Waals surface area contributed by atoms with Gasteiger partial charge in [-0.15, -0.1) is 0 Å². The van der Waals surface area contributed by atoms with E-state index in [1.807, 2.05) is 0 Å². The van der Waals surface area contributed by atoms with E-state index in [1.165, 1.54) is 173 Å². The van der Waals surface area contributed by atoms with Crippen LogP contribution < -0.4 is 5.32 Å². The van der Waals surface area contributed by atoms with Gasteiger partial charge in [0.05, 0.1) is 0 Å². The maximum atomic E-state index is 14.9. The Bertz CT molecular complexity index is 1100. The zero-order chi connectivity index (χ0) is 45.7. The molecular weight excluding hydrogens is 771 g/mol. The summed E-state index contributed by atoms with van der Waals surface area (Å²) < 4.78 is 0. The summed E-state index contributed by atoms with van der Waals surface area (Å²) in [6, 6.07) is 0. The fraction of sp³-hybridized carbons (Fsp3) is 0.828. The van der Waals surface area contributed by atoms with E-state index in [9.17, 15) is 9.59 Å². The molecule has 366 valence electrons. The monoisotopic (exact) mass is 878 g/mol. The van der Waals surface area contributed by atoms with Gasteiger partial charge in [-0.1, -0.05) is 204 Å². The van der Waals surface area contributed by atoms with Crippen LogP contribution in [0.25, 0.3) is 0 Å². The van der Waals surface area contributed by atoms with Crippen LogP contribution in [0.2, 0.25) is 0 Å². The van der Waals surface area contributed by atoms with E-state index >= 15 is 0 Å². The van der Waals surface area contributed by atoms with Crippen molar-refractivity contribution >= 4 is 11.8 Å². The minimum Gasteiger partial charge on any atom is -0.354 e. The van der Waals surface area contributed by atoms with Crippen LogP contribution in [0.3, 0.4) is 0 Å². The smallest absolute Gasteiger partial charge is 0.245 e. The van der Waals surface area contributed by atoms with E-state index < -0.39 is 5.54 Å². The first kappa shape index (κ1) is 58.9. The first-order chi connectivity index (χ1) is 30.9. The number of rotatable bonds is 46. The van der Waals surface area contributed by atoms with Gasteiger partial charge in [-0.25, -0.2) is 0 Å². The summed E-state index contributed by atoms with van der Waals surface area (Å²) in [5, 5.41) is 3.36. The summed E-state index contributed by atoms with van der Waals surface area (Å²) in [7, 11) is 4.23. The summed E-state index contributed by atoms with van der Waals surface area (Å²) in [4.78, 5) is 33.3. The molecule has 2 amide bonds. The molecule has 1 rings (SSSR count). The van der Waals surface area contributed by atoms with Gasteiger partial charge < -0.3 is 15.1 Å². The average Bonchev–Trinajstić information content (AvgIpc) is 3.26. The third-order valence-corrected chi connectivity index (χ3v) is 13.5. The second kappa shape index (κ2) is 43.7. The Morgan fingerprint density at radius 1 is 0.476 bits per heavy atom. The Hall–Kier alpha value is -2.14. The highest BCUT2D eigenvalue weighted by Crippen LogP contribution is 2.40. The Balaban J connectivity index is 2.74. The number of hydrogen-bond donors (Lipinski definition) is 1. The number of hydrogen-bond acceptors (Lipinski definition) is 3. The Labute approximate surface area is 393 Å². The number of amides is 2. The number of allylic oxidation sites excluding steroid dienone is 8. The van der Waals surface area contributed by atoms with Crippen LogP contribution in [-0.4, -0.2) is 60.9 Å². The minimum absolute atomic E-state index is 0.0269. The SMILES string of the molecule is CCCCC/C=C\C/C=C\CCCCCCCCC(CCCCCCCC/C=C\C/C=C\CCCCC)C(=O)N(CCCN(C)C)C1(C(=O)NCCCCCCCCCC)CCC1. The summed E-state index contributed by atoms with van der Waals surface area (Å²) in [5.74, 6) is 0.427. The zero-order valence-electron chi connectivity index (χ0n) is 42.9. The van der Waals surface area contributed by atoms with Crippen molar-refractivity contribution in [2.45, 2.75) is 270 Å². The number of carbonyl (C=O) groups is 2. The second-order valence-corrected chi connectivity index (χ2v) is 19.7. The van der Waals surface area contributed by atoms with Gasteiger partial charge in [0.25, 0.3) is 0 Å². The van der Waals surface area contributed by atoms with Crippen molar-refractivity contribution in [1.82, 2.24) is 15.1 Å². The lowest BCUT2D eigenvalue weighted by atomic mass is 9.73. The average molecular weight is 879 g/mol. The molecule has 0 aromatic heterocycles. The summed E-state index contributed by atoms with van der Waals surface area (Å²) >= 11 is 0. The van der Waals surface area contributed by atoms with E-state index in [-0.39, 0.29) is 17.7 Å². The lowest BCUT2D eigenvalue weighted by Gasteiger charge is -2.50. The van der Waals surface area contributed by atoms with E-state index in [2.05, 4.69) is 98.6 Å². The molecule has 0 saturated heterocycles. The van der Waals surface area contributed by atoms with Gasteiger partial charge in [-0.05, 0) is 130 Å². The van der Waals surface area contributed by atoms with Crippen molar-refractivity contribution in [3.63, 3.8) is 0 Å². The fourth-order valence-corrected chi connectivity index (χ4v) is 9.21. The van der Waals surface area contributed by atoms with Gasteiger partial charge in [0.15, 0.2) is 0 Å². The van der Waals surface area contributed by atoms with E-state index in [0.29, 0.717) is 6.54 Å². The van der Waals surface area contributed by atoms with Crippen molar-refractivity contribution in [2.24, 2.45) is 5.92 Å². The molecule has 1 fully saturated rings. The predicted molar refractivity (Wildman–Crippen MR) is 279 cm³/mol. The topological polar surface area (TPSA) is 52.7 Å². The molecule has 1 saturated carbocycles. The normalized spacial score (nSPS) is 14.1. The van der Waals surface area contributed by atoms with Gasteiger partial charge in [0, 0.05) is 19.0 Å². The Morgan fingerprint density at radius 2 is 0.857 bits per heavy atom. The highest BCUT2D eigenvalue weighted by Gasteiger charge is 2.51. The quantitative estimate of drug-likeness (QED) is 0.0490. The number of carbonyl (C=O) groups excluding carboxylic acids is 2. The molecule has 0 aromatic carbocycles. The van der Waals surface area contributed by atoms with Gasteiger partial charge in [0.2, 0.25) is 11.8 Å². The van der Waals surface area contributed by atoms with Crippen molar-refractivity contribution in [1.29, 1.82) is 0 Å². The van der Waals surface area contributed by atoms with Gasteiger partial charge >= 0.3 is 0 Å². The van der Waals surface area contributed by atoms with Gasteiger partial charge in [-0.3, -0.25) is 9.59 Å². The molecule has 1 aliphatic rings. The van der Waals surface area contributed by atoms with Crippen LogP contribution >= 0.6 is 0 Å². The molecule has 0 atom stereocenters. The lowest BCUT2D eigenvalue weighted by Crippen LogP contribution is -2.65. The van der Waals surface area contributed by atoms with Crippen molar-refractivity contribution < 1.29 is 9.59 Å². The van der Waals surface area contributed by atoms with E-state index in [1.54, 1.807) is 0 Å². The molecular formula is C58H107N3O2. The molecule has 0 heterocycles. The zero-order valence-corrected chi connectivity index (χ0v) is 42.9. The number of nitrogens with zero attached hydrogens (tertiary/aromatic N) is 2. The fourth-order valence-electron chi connectivity index (χ4n) is 9.21. The van der Waals surface area contributed by atoms with Crippen LogP contribution in [0.15, 0.2) is 48.6 Å². The molecule has 5 heteroatoms. The van der Waals surface area contributed by atoms with Crippen molar-refractivity contribution in [3.8, 4) is 0 Å². The molecule has 63 heavy (non-hydrogen) atoms. The maximum absolute atomic E-state index is 14.9. The summed E-state index contributed by atoms with van der Waals surface area (Å²) in [6.45, 7) is 9.15. The molecule has 0 bridgehead atoms. The standard InChI is InChI=1S/C58H107N3O2/c1-6-9-12-15-18-21-23-25-27-29-31-33-35-37-40-43-48-55(49-44-41-38-36-34-32-30-28-26-24-22-19-16-13-10-7-2)56(62)61(54-47-53-60(4)5)58(50-46-51-58)57(63)59-52-45-42-39-20-17-14-11-8-3/h18-19,21-22,25-28,55H,6-17,20,23-24,29-54H2,1-5H3,(H,59,63)/b21-18-,22-19-,27-25-,28-26-. The third kappa shape index (κ3) is 32.2. The first-order valence-corrected chi connectivity index (χ1v) is 27.8. The highest BCUT2D eigenvalue weighted by atomic mass is 16.2. The largest absolute Gasteiger partial charge is 0.354 e. The van der Waals surface area contributed by atoms with E-state index in [0.717, 1.165) is 83.7 Å². The van der Waals surface area contributed by atoms with Crippen LogP contribution in [0.4, 0.5) is 0 Å². The van der Waals surface area contributed by atoms with Gasteiger partial charge in [-0.2, -0.15) is 0 Å². The number of nitrogens with one attached hydrogen (secondary N) is 1.